The van der Waals surface area contributed by atoms with E-state index in [2.05, 4.69) is 4.98 Å². The molecule has 126 valence electrons. The molecule has 1 atom stereocenters. The lowest BCUT2D eigenvalue weighted by Gasteiger charge is -2.16. The molecule has 6 heteroatoms. The molecule has 0 saturated heterocycles. The van der Waals surface area contributed by atoms with E-state index in [1.54, 1.807) is 4.57 Å². The summed E-state index contributed by atoms with van der Waals surface area (Å²) in [6.45, 7) is 0.0892. The fourth-order valence-corrected chi connectivity index (χ4v) is 2.80. The Bertz CT molecular complexity index is 848. The van der Waals surface area contributed by atoms with Gasteiger partial charge in [-0.1, -0.05) is 12.1 Å². The van der Waals surface area contributed by atoms with Crippen molar-refractivity contribution in [2.45, 2.75) is 25.5 Å². The van der Waals surface area contributed by atoms with Crippen LogP contribution in [0.25, 0.3) is 11.0 Å². The number of hydrogen-bond donors (Lipinski definition) is 2. The Balaban J connectivity index is 1.97. The van der Waals surface area contributed by atoms with Crippen molar-refractivity contribution >= 4 is 11.0 Å². The molecule has 4 nitrogen and oxygen atoms in total. The van der Waals surface area contributed by atoms with Gasteiger partial charge in [-0.2, -0.15) is 0 Å². The number of para-hydroxylation sites is 2. The van der Waals surface area contributed by atoms with Crippen molar-refractivity contribution in [1.29, 1.82) is 0 Å². The van der Waals surface area contributed by atoms with Crippen LogP contribution in [-0.2, 0) is 13.0 Å². The summed E-state index contributed by atoms with van der Waals surface area (Å²) in [4.78, 5) is 4.51. The van der Waals surface area contributed by atoms with E-state index in [-0.39, 0.29) is 18.7 Å². The molecule has 24 heavy (non-hydrogen) atoms. The topological polar surface area (TPSA) is 58.3 Å². The molecule has 1 aromatic heterocycles. The van der Waals surface area contributed by atoms with E-state index >= 15 is 0 Å². The Labute approximate surface area is 138 Å². The summed E-state index contributed by atoms with van der Waals surface area (Å²) >= 11 is 0. The number of imidazole rings is 1. The number of aromatic nitrogens is 2. The first-order chi connectivity index (χ1) is 11.6. The van der Waals surface area contributed by atoms with Gasteiger partial charge in [-0.3, -0.25) is 0 Å². The summed E-state index contributed by atoms with van der Waals surface area (Å²) in [6, 6.07) is 10.5. The number of rotatable bonds is 6. The summed E-state index contributed by atoms with van der Waals surface area (Å²) in [6.07, 6.45) is -0.136. The zero-order chi connectivity index (χ0) is 17.1. The molecule has 0 aliphatic rings. The van der Waals surface area contributed by atoms with Crippen LogP contribution in [-0.4, -0.2) is 26.4 Å². The fourth-order valence-electron chi connectivity index (χ4n) is 2.80. The average Bonchev–Trinajstić information content (AvgIpc) is 2.93. The summed E-state index contributed by atoms with van der Waals surface area (Å²) in [5, 5.41) is 19.4. The molecule has 0 spiro atoms. The highest BCUT2D eigenvalue weighted by atomic mass is 19.1. The molecule has 1 heterocycles. The van der Waals surface area contributed by atoms with E-state index in [9.17, 15) is 13.9 Å². The lowest BCUT2D eigenvalue weighted by Crippen LogP contribution is -2.13. The predicted octanol–water partition coefficient (Wildman–Crippen LogP) is 2.97. The molecule has 0 aliphatic heterocycles. The summed E-state index contributed by atoms with van der Waals surface area (Å²) in [5.41, 5.74) is 1.49. The summed E-state index contributed by atoms with van der Waals surface area (Å²) in [5.74, 6) is -0.548. The van der Waals surface area contributed by atoms with E-state index in [1.165, 1.54) is 0 Å². The molecule has 0 fully saturated rings. The lowest BCUT2D eigenvalue weighted by molar-refractivity contribution is 0.151. The first kappa shape index (κ1) is 16.5. The van der Waals surface area contributed by atoms with Gasteiger partial charge < -0.3 is 14.8 Å². The van der Waals surface area contributed by atoms with Crippen molar-refractivity contribution < 1.29 is 19.0 Å². The SMILES string of the molecule is OCCCc1nc2ccccc2n1CC(O)c1cc(F)ccc1F. The molecule has 0 radical (unpaired) electrons. The Morgan fingerprint density at radius 2 is 1.92 bits per heavy atom. The smallest absolute Gasteiger partial charge is 0.129 e. The van der Waals surface area contributed by atoms with Crippen molar-refractivity contribution in [3.8, 4) is 0 Å². The highest BCUT2D eigenvalue weighted by Gasteiger charge is 2.18. The molecule has 0 aliphatic carbocycles. The van der Waals surface area contributed by atoms with Gasteiger partial charge in [0.1, 0.15) is 17.5 Å². The molecule has 0 bridgehead atoms. The van der Waals surface area contributed by atoms with Gasteiger partial charge in [-0.15, -0.1) is 0 Å². The largest absolute Gasteiger partial charge is 0.396 e. The molecular formula is C18H18F2N2O2. The van der Waals surface area contributed by atoms with E-state index in [4.69, 9.17) is 5.11 Å². The van der Waals surface area contributed by atoms with E-state index in [0.717, 1.165) is 29.2 Å². The van der Waals surface area contributed by atoms with Crippen LogP contribution in [0.5, 0.6) is 0 Å². The van der Waals surface area contributed by atoms with Gasteiger partial charge in [0.25, 0.3) is 0 Å². The molecule has 2 N–H and O–H groups in total. The molecule has 2 aromatic carbocycles. The zero-order valence-corrected chi connectivity index (χ0v) is 13.0. The number of aryl methyl sites for hydroxylation is 1. The number of fused-ring (bicyclic) bond motifs is 1. The number of benzene rings is 2. The van der Waals surface area contributed by atoms with Gasteiger partial charge >= 0.3 is 0 Å². The van der Waals surface area contributed by atoms with E-state index in [1.807, 2.05) is 24.3 Å². The van der Waals surface area contributed by atoms with Crippen molar-refractivity contribution in [3.63, 3.8) is 0 Å². The predicted molar refractivity (Wildman–Crippen MR) is 86.5 cm³/mol. The molecular weight excluding hydrogens is 314 g/mol. The van der Waals surface area contributed by atoms with Gasteiger partial charge in [-0.25, -0.2) is 13.8 Å². The first-order valence-corrected chi connectivity index (χ1v) is 7.78. The maximum absolute atomic E-state index is 13.9. The van der Waals surface area contributed by atoms with Crippen molar-refractivity contribution in [1.82, 2.24) is 9.55 Å². The maximum atomic E-state index is 13.9. The minimum atomic E-state index is -1.20. The second kappa shape index (κ2) is 7.07. The van der Waals surface area contributed by atoms with Crippen LogP contribution in [0.1, 0.15) is 23.9 Å². The number of nitrogens with zero attached hydrogens (tertiary/aromatic N) is 2. The van der Waals surface area contributed by atoms with Crippen LogP contribution in [0.2, 0.25) is 0 Å². The van der Waals surface area contributed by atoms with Gasteiger partial charge in [0.05, 0.1) is 23.7 Å². The normalized spacial score (nSPS) is 12.7. The number of aliphatic hydroxyl groups excluding tert-OH is 2. The van der Waals surface area contributed by atoms with Crippen molar-refractivity contribution in [3.05, 3.63) is 65.5 Å². The molecule has 0 saturated carbocycles. The minimum Gasteiger partial charge on any atom is -0.396 e. The second-order valence-electron chi connectivity index (χ2n) is 5.64. The molecule has 0 amide bonds. The standard InChI is InChI=1S/C18H18F2N2O2/c19-12-7-8-14(20)13(10-12)17(24)11-22-16-5-2-1-4-15(16)21-18(22)6-3-9-23/h1-2,4-5,7-8,10,17,23-24H,3,6,9,11H2. The molecule has 3 aromatic rings. The summed E-state index contributed by atoms with van der Waals surface area (Å²) < 4.78 is 29.0. The first-order valence-electron chi connectivity index (χ1n) is 7.78. The van der Waals surface area contributed by atoms with Crippen LogP contribution in [0.4, 0.5) is 8.78 Å². The zero-order valence-electron chi connectivity index (χ0n) is 13.0. The number of hydrogen-bond acceptors (Lipinski definition) is 3. The third-order valence-electron chi connectivity index (χ3n) is 3.96. The van der Waals surface area contributed by atoms with Crippen molar-refractivity contribution in [2.24, 2.45) is 0 Å². The van der Waals surface area contributed by atoms with Gasteiger partial charge in [0.15, 0.2) is 0 Å². The van der Waals surface area contributed by atoms with E-state index < -0.39 is 17.7 Å². The van der Waals surface area contributed by atoms with Crippen LogP contribution in [0.15, 0.2) is 42.5 Å². The van der Waals surface area contributed by atoms with Crippen LogP contribution < -0.4 is 0 Å². The summed E-state index contributed by atoms with van der Waals surface area (Å²) in [7, 11) is 0. The van der Waals surface area contributed by atoms with Crippen LogP contribution in [0, 0.1) is 11.6 Å². The quantitative estimate of drug-likeness (QED) is 0.730. The van der Waals surface area contributed by atoms with Gasteiger partial charge in [0.2, 0.25) is 0 Å². The number of aliphatic hydroxyl groups is 2. The van der Waals surface area contributed by atoms with E-state index in [0.29, 0.717) is 18.7 Å². The Hall–Kier alpha value is -2.31. The average molecular weight is 332 g/mol. The van der Waals surface area contributed by atoms with Gasteiger partial charge in [0, 0.05) is 18.6 Å². The second-order valence-corrected chi connectivity index (χ2v) is 5.64. The van der Waals surface area contributed by atoms with Crippen molar-refractivity contribution in [2.75, 3.05) is 6.61 Å². The Kier molecular flexibility index (Phi) is 4.87. The highest BCUT2D eigenvalue weighted by molar-refractivity contribution is 5.75. The molecule has 1 unspecified atom stereocenters. The molecule has 3 rings (SSSR count). The highest BCUT2D eigenvalue weighted by Crippen LogP contribution is 2.24. The Morgan fingerprint density at radius 1 is 1.12 bits per heavy atom. The third-order valence-corrected chi connectivity index (χ3v) is 3.96. The maximum Gasteiger partial charge on any atom is 0.129 e. The minimum absolute atomic E-state index is 0.0320. The van der Waals surface area contributed by atoms with Gasteiger partial charge in [-0.05, 0) is 36.8 Å². The third kappa shape index (κ3) is 3.29. The monoisotopic (exact) mass is 332 g/mol. The fraction of sp³-hybridized carbons (Fsp3) is 0.278. The lowest BCUT2D eigenvalue weighted by atomic mass is 10.1. The van der Waals surface area contributed by atoms with Crippen LogP contribution in [0.3, 0.4) is 0 Å². The van der Waals surface area contributed by atoms with Crippen LogP contribution >= 0.6 is 0 Å². The Morgan fingerprint density at radius 3 is 2.71 bits per heavy atom. The number of halogens is 2.